The lowest BCUT2D eigenvalue weighted by atomic mass is 10.6. The van der Waals surface area contributed by atoms with Gasteiger partial charge in [-0.25, -0.2) is 0 Å². The second-order valence-electron chi connectivity index (χ2n) is 1.86. The topological polar surface area (TPSA) is 18.5 Å². The molecule has 0 bridgehead atoms. The molecule has 11 heavy (non-hydrogen) atoms. The highest BCUT2D eigenvalue weighted by molar-refractivity contribution is 7.87. The van der Waals surface area contributed by atoms with Crippen LogP contribution in [0.2, 0.25) is 0 Å². The lowest BCUT2D eigenvalue weighted by molar-refractivity contribution is 0.285. The summed E-state index contributed by atoms with van der Waals surface area (Å²) in [6, 6.07) is 0. The molecule has 0 amide bonds. The lowest BCUT2D eigenvalue weighted by Crippen LogP contribution is -2.15. The molecule has 0 saturated carbocycles. The van der Waals surface area contributed by atoms with Gasteiger partial charge in [-0.2, -0.15) is 0 Å². The van der Waals surface area contributed by atoms with Crippen LogP contribution in [0.25, 0.3) is 0 Å². The van der Waals surface area contributed by atoms with Crippen molar-refractivity contribution in [1.29, 1.82) is 0 Å². The number of halogens is 1. The first kappa shape index (κ1) is 11.6. The van der Waals surface area contributed by atoms with Crippen LogP contribution >= 0.6 is 11.6 Å². The molecule has 0 aliphatic carbocycles. The minimum atomic E-state index is -0.309. The molecule has 0 spiro atoms. The quantitative estimate of drug-likeness (QED) is 0.462. The summed E-state index contributed by atoms with van der Waals surface area (Å²) >= 11 is 5.23. The molecule has 0 aromatic heterocycles. The summed E-state index contributed by atoms with van der Waals surface area (Å²) in [4.78, 5) is 0. The van der Waals surface area contributed by atoms with Crippen LogP contribution in [0.1, 0.15) is 20.3 Å². The molecule has 0 heterocycles. The third-order valence-corrected chi connectivity index (χ3v) is 2.83. The van der Waals surface area contributed by atoms with Gasteiger partial charge in [0.15, 0.2) is 5.75 Å². The zero-order valence-corrected chi connectivity index (χ0v) is 8.71. The summed E-state index contributed by atoms with van der Waals surface area (Å²) in [5.41, 5.74) is 0. The number of hydrogen-bond acceptors (Lipinski definition) is 2. The van der Waals surface area contributed by atoms with E-state index in [0.29, 0.717) is 19.1 Å². The van der Waals surface area contributed by atoms with Crippen LogP contribution in [0.4, 0.5) is 0 Å². The molecule has 0 atom stereocenters. The maximum Gasteiger partial charge on any atom is 0.314 e. The number of rotatable bonds is 7. The van der Waals surface area contributed by atoms with Crippen LogP contribution in [0, 0.1) is 0 Å². The highest BCUT2D eigenvalue weighted by atomic mass is 35.5. The van der Waals surface area contributed by atoms with Crippen molar-refractivity contribution in [2.45, 2.75) is 20.3 Å². The van der Waals surface area contributed by atoms with E-state index in [2.05, 4.69) is 0 Å². The molecule has 2 nitrogen and oxygen atoms in total. The second kappa shape index (κ2) is 8.65. The van der Waals surface area contributed by atoms with Crippen molar-refractivity contribution in [2.75, 3.05) is 24.8 Å². The van der Waals surface area contributed by atoms with Gasteiger partial charge in [-0.3, -0.25) is 0 Å². The van der Waals surface area contributed by atoms with E-state index in [1.807, 2.05) is 13.8 Å². The van der Waals surface area contributed by atoms with Gasteiger partial charge in [0.25, 0.3) is 0 Å². The van der Waals surface area contributed by atoms with Gasteiger partial charge in [0.05, 0.1) is 0 Å². The van der Waals surface area contributed by atoms with Gasteiger partial charge in [0, 0.05) is 12.3 Å². The van der Waals surface area contributed by atoms with E-state index in [1.165, 1.54) is 0 Å². The standard InChI is InChI=1S/C7H16ClO2S/c1-3-9-11(10-4-2)7-5-6-8/h3-7H2,1-2H3/q+1. The third kappa shape index (κ3) is 6.94. The normalized spacial score (nSPS) is 10.9. The summed E-state index contributed by atoms with van der Waals surface area (Å²) in [6.45, 7) is 5.37. The first-order valence-corrected chi connectivity index (χ1v) is 5.66. The lowest BCUT2D eigenvalue weighted by Gasteiger charge is -2.00. The van der Waals surface area contributed by atoms with E-state index in [9.17, 15) is 0 Å². The largest absolute Gasteiger partial charge is 0.314 e. The van der Waals surface area contributed by atoms with E-state index in [1.54, 1.807) is 0 Å². The maximum atomic E-state index is 5.54. The Morgan fingerprint density at radius 2 is 1.73 bits per heavy atom. The molecule has 0 aromatic carbocycles. The van der Waals surface area contributed by atoms with Crippen LogP contribution in [0.15, 0.2) is 0 Å². The van der Waals surface area contributed by atoms with Crippen LogP contribution in [0.3, 0.4) is 0 Å². The number of hydrogen-bond donors (Lipinski definition) is 0. The summed E-state index contributed by atoms with van der Waals surface area (Å²) in [6.07, 6.45) is 0.963. The summed E-state index contributed by atoms with van der Waals surface area (Å²) in [5, 5.41) is 0. The van der Waals surface area contributed by atoms with Crippen molar-refractivity contribution in [2.24, 2.45) is 0 Å². The molecule has 0 aromatic rings. The van der Waals surface area contributed by atoms with E-state index in [-0.39, 0.29) is 11.5 Å². The van der Waals surface area contributed by atoms with Gasteiger partial charge in [0.1, 0.15) is 13.2 Å². The molecule has 0 radical (unpaired) electrons. The van der Waals surface area contributed by atoms with Gasteiger partial charge in [-0.05, 0) is 13.8 Å². The molecule has 0 unspecified atom stereocenters. The molecule has 0 aliphatic rings. The van der Waals surface area contributed by atoms with E-state index in [0.717, 1.165) is 12.2 Å². The SMILES string of the molecule is CCO[S+](CCCCl)OCC. The van der Waals surface area contributed by atoms with E-state index >= 15 is 0 Å². The van der Waals surface area contributed by atoms with Crippen molar-refractivity contribution in [1.82, 2.24) is 0 Å². The zero-order chi connectivity index (χ0) is 8.53. The van der Waals surface area contributed by atoms with Crippen LogP contribution in [0.5, 0.6) is 0 Å². The summed E-state index contributed by atoms with van der Waals surface area (Å²) in [5.74, 6) is 1.61. The monoisotopic (exact) mass is 199 g/mol. The molecular formula is C7H16ClO2S+. The molecule has 68 valence electrons. The predicted molar refractivity (Wildman–Crippen MR) is 50.8 cm³/mol. The molecule has 0 rings (SSSR count). The average Bonchev–Trinajstić information content (AvgIpc) is 2.01. The van der Waals surface area contributed by atoms with Crippen molar-refractivity contribution in [3.63, 3.8) is 0 Å². The van der Waals surface area contributed by atoms with Gasteiger partial charge < -0.3 is 0 Å². The van der Waals surface area contributed by atoms with Crippen LogP contribution in [-0.2, 0) is 19.8 Å². The molecule has 0 aliphatic heterocycles. The van der Waals surface area contributed by atoms with Crippen molar-refractivity contribution in [3.05, 3.63) is 0 Å². The second-order valence-corrected chi connectivity index (χ2v) is 3.73. The Balaban J connectivity index is 3.34. The fourth-order valence-electron chi connectivity index (χ4n) is 0.587. The Morgan fingerprint density at radius 3 is 2.09 bits per heavy atom. The Labute approximate surface area is 77.0 Å². The van der Waals surface area contributed by atoms with Gasteiger partial charge in [0.2, 0.25) is 0 Å². The molecule has 0 saturated heterocycles. The molecule has 4 heteroatoms. The summed E-state index contributed by atoms with van der Waals surface area (Å²) < 4.78 is 10.7. The minimum Gasteiger partial charge on any atom is -0.141 e. The minimum absolute atomic E-state index is 0.309. The molecule has 0 fully saturated rings. The Bertz CT molecular complexity index is 76.8. The Morgan fingerprint density at radius 1 is 1.18 bits per heavy atom. The fourth-order valence-corrected chi connectivity index (χ4v) is 2.09. The van der Waals surface area contributed by atoms with Crippen LogP contribution < -0.4 is 0 Å². The fraction of sp³-hybridized carbons (Fsp3) is 1.00. The Hall–Kier alpha value is 0.560. The average molecular weight is 200 g/mol. The van der Waals surface area contributed by atoms with E-state index in [4.69, 9.17) is 20.0 Å². The van der Waals surface area contributed by atoms with Gasteiger partial charge in [-0.15, -0.1) is 20.0 Å². The zero-order valence-electron chi connectivity index (χ0n) is 7.14. The first-order chi connectivity index (χ1) is 5.35. The van der Waals surface area contributed by atoms with Crippen molar-refractivity contribution in [3.8, 4) is 0 Å². The van der Waals surface area contributed by atoms with E-state index < -0.39 is 0 Å². The molecule has 0 N–H and O–H groups in total. The summed E-state index contributed by atoms with van der Waals surface area (Å²) in [7, 11) is 0. The molecular weight excluding hydrogens is 184 g/mol. The first-order valence-electron chi connectivity index (χ1n) is 3.88. The smallest absolute Gasteiger partial charge is 0.141 e. The van der Waals surface area contributed by atoms with Crippen molar-refractivity contribution >= 4 is 23.1 Å². The predicted octanol–water partition coefficient (Wildman–Crippen LogP) is 2.14. The van der Waals surface area contributed by atoms with Crippen molar-refractivity contribution < 1.29 is 8.37 Å². The van der Waals surface area contributed by atoms with Gasteiger partial charge in [-0.1, -0.05) is 0 Å². The number of alkyl halides is 1. The van der Waals surface area contributed by atoms with Crippen LogP contribution in [-0.4, -0.2) is 24.8 Å². The highest BCUT2D eigenvalue weighted by Gasteiger charge is 2.20. The highest BCUT2D eigenvalue weighted by Crippen LogP contribution is 2.04. The third-order valence-electron chi connectivity index (χ3n) is 0.943. The Kier molecular flexibility index (Phi) is 9.10. The van der Waals surface area contributed by atoms with Gasteiger partial charge >= 0.3 is 11.5 Å². The maximum absolute atomic E-state index is 5.54.